The molecule has 0 radical (unpaired) electrons. The minimum absolute atomic E-state index is 0.113. The smallest absolute Gasteiger partial charge is 0.258 e. The average Bonchev–Trinajstić information content (AvgIpc) is 2.61. The Labute approximate surface area is 147 Å². The fourth-order valence-electron chi connectivity index (χ4n) is 2.70. The predicted molar refractivity (Wildman–Crippen MR) is 95.6 cm³/mol. The van der Waals surface area contributed by atoms with Crippen molar-refractivity contribution in [1.29, 1.82) is 0 Å². The Bertz CT molecular complexity index is 971. The van der Waals surface area contributed by atoms with Crippen molar-refractivity contribution in [1.82, 2.24) is 0 Å². The van der Waals surface area contributed by atoms with Crippen LogP contribution < -0.4 is 0 Å². The van der Waals surface area contributed by atoms with Crippen LogP contribution in [0, 0.1) is 20.2 Å². The minimum Gasteiger partial charge on any atom is -0.258 e. The summed E-state index contributed by atoms with van der Waals surface area (Å²) in [4.78, 5) is 21.9. The van der Waals surface area contributed by atoms with Gasteiger partial charge in [-0.25, -0.2) is 0 Å². The molecule has 6 nitrogen and oxygen atoms in total. The van der Waals surface area contributed by atoms with Crippen molar-refractivity contribution in [2.24, 2.45) is 0 Å². The van der Waals surface area contributed by atoms with Gasteiger partial charge in [-0.15, -0.1) is 0 Å². The van der Waals surface area contributed by atoms with Crippen LogP contribution in [0.15, 0.2) is 66.7 Å². The van der Waals surface area contributed by atoms with E-state index in [1.807, 2.05) is 0 Å². The maximum atomic E-state index is 11.5. The van der Waals surface area contributed by atoms with Gasteiger partial charge < -0.3 is 0 Å². The molecular weight excluding hydrogens is 344 g/mol. The molecule has 0 aliphatic rings. The maximum Gasteiger partial charge on any atom is 0.277 e. The van der Waals surface area contributed by atoms with E-state index >= 15 is 0 Å². The van der Waals surface area contributed by atoms with E-state index < -0.39 is 9.85 Å². The molecule has 3 aromatic rings. The van der Waals surface area contributed by atoms with Crippen LogP contribution in [0.25, 0.3) is 22.3 Å². The van der Waals surface area contributed by atoms with E-state index in [1.165, 1.54) is 18.2 Å². The number of hydrogen-bond donors (Lipinski definition) is 0. The third-order valence-corrected chi connectivity index (χ3v) is 4.01. The van der Waals surface area contributed by atoms with Gasteiger partial charge in [-0.1, -0.05) is 48.0 Å². The molecule has 7 heteroatoms. The van der Waals surface area contributed by atoms with Gasteiger partial charge in [-0.2, -0.15) is 0 Å². The first-order valence-corrected chi connectivity index (χ1v) is 7.64. The number of nitro benzene ring substituents is 2. The Hall–Kier alpha value is -3.25. The Morgan fingerprint density at radius 3 is 1.88 bits per heavy atom. The van der Waals surface area contributed by atoms with E-state index in [2.05, 4.69) is 0 Å². The zero-order chi connectivity index (χ0) is 18.0. The van der Waals surface area contributed by atoms with E-state index in [-0.39, 0.29) is 11.4 Å². The van der Waals surface area contributed by atoms with Crippen LogP contribution in [0.3, 0.4) is 0 Å². The van der Waals surface area contributed by atoms with Crippen molar-refractivity contribution < 1.29 is 9.85 Å². The van der Waals surface area contributed by atoms with E-state index in [1.54, 1.807) is 48.5 Å². The summed E-state index contributed by atoms with van der Waals surface area (Å²) in [6, 6.07) is 17.3. The molecule has 0 unspecified atom stereocenters. The number of nitrogens with zero attached hydrogens (tertiary/aromatic N) is 2. The van der Waals surface area contributed by atoms with Gasteiger partial charge in [0, 0.05) is 22.7 Å². The van der Waals surface area contributed by atoms with Gasteiger partial charge in [-0.05, 0) is 23.8 Å². The van der Waals surface area contributed by atoms with E-state index in [0.29, 0.717) is 27.3 Å². The Morgan fingerprint density at radius 2 is 1.24 bits per heavy atom. The molecule has 0 aromatic heterocycles. The van der Waals surface area contributed by atoms with Crippen LogP contribution >= 0.6 is 11.6 Å². The van der Waals surface area contributed by atoms with Gasteiger partial charge in [0.1, 0.15) is 0 Å². The topological polar surface area (TPSA) is 86.3 Å². The molecule has 0 bridgehead atoms. The molecular formula is C18H11ClN2O4. The van der Waals surface area contributed by atoms with Gasteiger partial charge in [0.25, 0.3) is 11.4 Å². The second-order valence-corrected chi connectivity index (χ2v) is 5.67. The lowest BCUT2D eigenvalue weighted by atomic mass is 9.92. The van der Waals surface area contributed by atoms with Crippen molar-refractivity contribution in [3.05, 3.63) is 92.0 Å². The zero-order valence-corrected chi connectivity index (χ0v) is 13.5. The Balaban J connectivity index is 2.35. The van der Waals surface area contributed by atoms with Gasteiger partial charge in [0.05, 0.1) is 21.0 Å². The van der Waals surface area contributed by atoms with Crippen LogP contribution in [0.5, 0.6) is 0 Å². The summed E-state index contributed by atoms with van der Waals surface area (Å²) >= 11 is 5.90. The Morgan fingerprint density at radius 1 is 0.680 bits per heavy atom. The van der Waals surface area contributed by atoms with Gasteiger partial charge >= 0.3 is 0 Å². The van der Waals surface area contributed by atoms with Crippen LogP contribution in [0.1, 0.15) is 0 Å². The number of halogens is 1. The number of rotatable bonds is 4. The van der Waals surface area contributed by atoms with Gasteiger partial charge in [0.2, 0.25) is 0 Å². The second-order valence-electron chi connectivity index (χ2n) is 5.24. The van der Waals surface area contributed by atoms with Crippen LogP contribution in [-0.2, 0) is 0 Å². The first-order valence-electron chi connectivity index (χ1n) is 7.26. The molecule has 124 valence electrons. The standard InChI is InChI=1S/C18H11ClN2O4/c19-13-10-8-12(9-11-13)18-15(5-3-7-17(18)21(24)25)14-4-1-2-6-16(14)20(22)23/h1-11H. The lowest BCUT2D eigenvalue weighted by Gasteiger charge is -2.11. The first kappa shape index (κ1) is 16.6. The SMILES string of the molecule is O=[N+]([O-])c1ccccc1-c1cccc([N+](=O)[O-])c1-c1ccc(Cl)cc1. The third kappa shape index (κ3) is 3.20. The molecule has 0 aliphatic heterocycles. The molecule has 0 heterocycles. The van der Waals surface area contributed by atoms with Crippen molar-refractivity contribution in [3.8, 4) is 22.3 Å². The number of benzene rings is 3. The molecule has 0 aliphatic carbocycles. The maximum absolute atomic E-state index is 11.5. The van der Waals surface area contributed by atoms with Crippen molar-refractivity contribution in [2.75, 3.05) is 0 Å². The van der Waals surface area contributed by atoms with E-state index in [0.717, 1.165) is 0 Å². The normalized spacial score (nSPS) is 10.4. The minimum atomic E-state index is -0.500. The summed E-state index contributed by atoms with van der Waals surface area (Å²) in [7, 11) is 0. The highest BCUT2D eigenvalue weighted by molar-refractivity contribution is 6.30. The van der Waals surface area contributed by atoms with Gasteiger partial charge in [-0.3, -0.25) is 20.2 Å². The second kappa shape index (κ2) is 6.70. The van der Waals surface area contributed by atoms with Crippen LogP contribution in [0.2, 0.25) is 5.02 Å². The third-order valence-electron chi connectivity index (χ3n) is 3.76. The summed E-state index contributed by atoms with van der Waals surface area (Å²) in [5.41, 5.74) is 1.38. The largest absolute Gasteiger partial charge is 0.277 e. The van der Waals surface area contributed by atoms with Crippen molar-refractivity contribution >= 4 is 23.0 Å². The van der Waals surface area contributed by atoms with E-state index in [4.69, 9.17) is 11.6 Å². The van der Waals surface area contributed by atoms with Crippen molar-refractivity contribution in [2.45, 2.75) is 0 Å². The fourth-order valence-corrected chi connectivity index (χ4v) is 2.82. The first-order chi connectivity index (χ1) is 12.0. The number of para-hydroxylation sites is 1. The fraction of sp³-hybridized carbons (Fsp3) is 0. The summed E-state index contributed by atoms with van der Waals surface area (Å²) in [5, 5.41) is 23.4. The molecule has 0 saturated carbocycles. The summed E-state index contributed by atoms with van der Waals surface area (Å²) in [5.74, 6) is 0. The summed E-state index contributed by atoms with van der Waals surface area (Å²) < 4.78 is 0. The van der Waals surface area contributed by atoms with Gasteiger partial charge in [0.15, 0.2) is 0 Å². The predicted octanol–water partition coefficient (Wildman–Crippen LogP) is 5.49. The number of nitro groups is 2. The number of hydrogen-bond acceptors (Lipinski definition) is 4. The molecule has 0 N–H and O–H groups in total. The molecule has 3 rings (SSSR count). The van der Waals surface area contributed by atoms with E-state index in [9.17, 15) is 20.2 Å². The summed E-state index contributed by atoms with van der Waals surface area (Å²) in [6.07, 6.45) is 0. The molecule has 0 atom stereocenters. The zero-order valence-electron chi connectivity index (χ0n) is 12.8. The highest BCUT2D eigenvalue weighted by Gasteiger charge is 2.24. The quantitative estimate of drug-likeness (QED) is 0.457. The molecule has 3 aromatic carbocycles. The molecule has 0 spiro atoms. The molecule has 0 amide bonds. The Kier molecular flexibility index (Phi) is 4.45. The van der Waals surface area contributed by atoms with Crippen LogP contribution in [0.4, 0.5) is 11.4 Å². The molecule has 0 fully saturated rings. The molecule has 0 saturated heterocycles. The monoisotopic (exact) mass is 354 g/mol. The van der Waals surface area contributed by atoms with Crippen LogP contribution in [-0.4, -0.2) is 9.85 Å². The lowest BCUT2D eigenvalue weighted by molar-refractivity contribution is -0.384. The lowest BCUT2D eigenvalue weighted by Crippen LogP contribution is -1.97. The van der Waals surface area contributed by atoms with Crippen molar-refractivity contribution in [3.63, 3.8) is 0 Å². The average molecular weight is 355 g/mol. The highest BCUT2D eigenvalue weighted by Crippen LogP contribution is 2.42. The molecule has 25 heavy (non-hydrogen) atoms. The highest BCUT2D eigenvalue weighted by atomic mass is 35.5. The summed E-state index contributed by atoms with van der Waals surface area (Å²) in [6.45, 7) is 0.